The van der Waals surface area contributed by atoms with E-state index in [1.54, 1.807) is 0 Å². The van der Waals surface area contributed by atoms with Crippen LogP contribution in [-0.4, -0.2) is 54.7 Å². The highest BCUT2D eigenvalue weighted by molar-refractivity contribution is 6.07. The van der Waals surface area contributed by atoms with E-state index in [4.69, 9.17) is 9.84 Å². The molecule has 3 amide bonds. The second kappa shape index (κ2) is 8.25. The van der Waals surface area contributed by atoms with Crippen molar-refractivity contribution in [3.05, 3.63) is 11.1 Å². The molecule has 7 heteroatoms. The zero-order valence-corrected chi connectivity index (χ0v) is 11.6. The number of nitrogens with one attached hydrogen (secondary N) is 1. The van der Waals surface area contributed by atoms with Crippen molar-refractivity contribution in [2.45, 2.75) is 20.8 Å². The normalized spacial score (nSPS) is 11.6. The van der Waals surface area contributed by atoms with Gasteiger partial charge in [-0.1, -0.05) is 0 Å². The van der Waals surface area contributed by atoms with E-state index < -0.39 is 17.9 Å². The van der Waals surface area contributed by atoms with Gasteiger partial charge < -0.3 is 14.7 Å². The highest BCUT2D eigenvalue weighted by atomic mass is 16.5. The van der Waals surface area contributed by atoms with Gasteiger partial charge in [0.05, 0.1) is 6.61 Å². The fraction of sp³-hybridized carbons (Fsp3) is 0.583. The number of carbonyl (C=O) groups is 3. The van der Waals surface area contributed by atoms with Crippen molar-refractivity contribution in [2.75, 3.05) is 26.8 Å². The van der Waals surface area contributed by atoms with Gasteiger partial charge in [0.25, 0.3) is 5.91 Å². The fourth-order valence-corrected chi connectivity index (χ4v) is 1.06. The number of hydrogen-bond donors (Lipinski definition) is 2. The summed E-state index contributed by atoms with van der Waals surface area (Å²) in [4.78, 5) is 35.2. The van der Waals surface area contributed by atoms with Crippen LogP contribution < -0.4 is 5.32 Å². The summed E-state index contributed by atoms with van der Waals surface area (Å²) in [6.07, 6.45) is 0. The summed E-state index contributed by atoms with van der Waals surface area (Å²) in [7, 11) is 1.52. The number of likely N-dealkylation sites (N-methyl/N-ethyl adjacent to an activating group) is 1. The minimum Gasteiger partial charge on any atom is -0.478 e. The number of hydrogen-bond acceptors (Lipinski definition) is 4. The number of urea groups is 1. The molecule has 19 heavy (non-hydrogen) atoms. The first-order valence-corrected chi connectivity index (χ1v) is 5.86. The third kappa shape index (κ3) is 6.01. The van der Waals surface area contributed by atoms with Gasteiger partial charge in [0.15, 0.2) is 0 Å². The predicted octanol–water partition coefficient (Wildman–Crippen LogP) is 0.612. The highest BCUT2D eigenvalue weighted by Crippen LogP contribution is 2.03. The number of ether oxygens (including phenoxy) is 1. The molecular formula is C12H20N2O5. The van der Waals surface area contributed by atoms with Gasteiger partial charge in [-0.25, -0.2) is 9.59 Å². The van der Waals surface area contributed by atoms with Gasteiger partial charge in [-0.3, -0.25) is 10.1 Å². The number of rotatable bonds is 6. The molecule has 0 fully saturated rings. The van der Waals surface area contributed by atoms with Crippen LogP contribution in [0, 0.1) is 0 Å². The van der Waals surface area contributed by atoms with Crippen LogP contribution in [0.2, 0.25) is 0 Å². The van der Waals surface area contributed by atoms with Crippen LogP contribution in [0.1, 0.15) is 20.8 Å². The van der Waals surface area contributed by atoms with Gasteiger partial charge >= 0.3 is 12.0 Å². The minimum atomic E-state index is -1.19. The molecule has 0 unspecified atom stereocenters. The Balaban J connectivity index is 4.45. The molecule has 7 nitrogen and oxygen atoms in total. The molecule has 0 aromatic carbocycles. The van der Waals surface area contributed by atoms with Crippen LogP contribution in [0.25, 0.3) is 0 Å². The number of carboxylic acid groups (broad SMARTS) is 1. The molecule has 0 saturated carbocycles. The summed E-state index contributed by atoms with van der Waals surface area (Å²) in [6.45, 7) is 5.76. The molecule has 0 radical (unpaired) electrons. The standard InChI is InChI=1S/C12H20N2O5/c1-5-19-7-6-14(4)12(18)13-10(15)8(2)9(3)11(16)17/h5-7H2,1-4H3,(H,16,17)(H,13,15,18). The van der Waals surface area contributed by atoms with E-state index in [9.17, 15) is 14.4 Å². The van der Waals surface area contributed by atoms with Gasteiger partial charge in [0.1, 0.15) is 0 Å². The molecule has 0 rings (SSSR count). The lowest BCUT2D eigenvalue weighted by Gasteiger charge is -2.17. The zero-order chi connectivity index (χ0) is 15.0. The molecule has 0 aliphatic heterocycles. The lowest BCUT2D eigenvalue weighted by molar-refractivity contribution is -0.133. The number of carboxylic acids is 1. The Bertz CT molecular complexity index is 390. The number of aliphatic carboxylic acids is 1. The van der Waals surface area contributed by atoms with E-state index >= 15 is 0 Å². The van der Waals surface area contributed by atoms with Gasteiger partial charge in [0.2, 0.25) is 0 Å². The van der Waals surface area contributed by atoms with Crippen LogP contribution >= 0.6 is 0 Å². The van der Waals surface area contributed by atoms with Crippen molar-refractivity contribution < 1.29 is 24.2 Å². The third-order valence-corrected chi connectivity index (χ3v) is 2.57. The van der Waals surface area contributed by atoms with Gasteiger partial charge in [-0.2, -0.15) is 0 Å². The summed E-state index contributed by atoms with van der Waals surface area (Å²) in [6, 6.07) is -0.595. The summed E-state index contributed by atoms with van der Waals surface area (Å²) < 4.78 is 5.08. The number of amides is 3. The van der Waals surface area contributed by atoms with Crippen molar-refractivity contribution in [3.63, 3.8) is 0 Å². The lowest BCUT2D eigenvalue weighted by Crippen LogP contribution is -2.42. The van der Waals surface area contributed by atoms with E-state index in [2.05, 4.69) is 5.32 Å². The largest absolute Gasteiger partial charge is 0.478 e. The van der Waals surface area contributed by atoms with Crippen LogP contribution in [-0.2, 0) is 14.3 Å². The van der Waals surface area contributed by atoms with E-state index in [0.717, 1.165) is 0 Å². The summed E-state index contributed by atoms with van der Waals surface area (Å²) in [5, 5.41) is 10.9. The quantitative estimate of drug-likeness (QED) is 0.545. The molecule has 0 atom stereocenters. The van der Waals surface area contributed by atoms with E-state index in [1.807, 2.05) is 6.92 Å². The Labute approximate surface area is 112 Å². The van der Waals surface area contributed by atoms with Gasteiger partial charge in [0, 0.05) is 31.3 Å². The zero-order valence-electron chi connectivity index (χ0n) is 11.6. The molecule has 0 aromatic rings. The van der Waals surface area contributed by atoms with Crippen molar-refractivity contribution in [3.8, 4) is 0 Å². The predicted molar refractivity (Wildman–Crippen MR) is 68.7 cm³/mol. The van der Waals surface area contributed by atoms with Gasteiger partial charge in [-0.05, 0) is 20.8 Å². The first-order chi connectivity index (χ1) is 8.81. The van der Waals surface area contributed by atoms with Crippen molar-refractivity contribution in [1.29, 1.82) is 0 Å². The Morgan fingerprint density at radius 2 is 1.79 bits per heavy atom. The van der Waals surface area contributed by atoms with Gasteiger partial charge in [-0.15, -0.1) is 0 Å². The third-order valence-electron chi connectivity index (χ3n) is 2.57. The first-order valence-electron chi connectivity index (χ1n) is 5.86. The summed E-state index contributed by atoms with van der Waals surface area (Å²) >= 11 is 0. The molecule has 2 N–H and O–H groups in total. The van der Waals surface area contributed by atoms with Crippen molar-refractivity contribution in [2.24, 2.45) is 0 Å². The first kappa shape index (κ1) is 17.1. The molecule has 0 aliphatic carbocycles. The van der Waals surface area contributed by atoms with Crippen LogP contribution in [0.15, 0.2) is 11.1 Å². The molecule has 108 valence electrons. The number of nitrogens with zero attached hydrogens (tertiary/aromatic N) is 1. The second-order valence-corrected chi connectivity index (χ2v) is 3.93. The molecule has 0 bridgehead atoms. The maximum atomic E-state index is 11.6. The minimum absolute atomic E-state index is 0.000872. The Kier molecular flexibility index (Phi) is 7.43. The number of imide groups is 1. The van der Waals surface area contributed by atoms with Crippen LogP contribution in [0.3, 0.4) is 0 Å². The maximum absolute atomic E-state index is 11.6. The van der Waals surface area contributed by atoms with E-state index in [0.29, 0.717) is 19.8 Å². The molecular weight excluding hydrogens is 252 g/mol. The SMILES string of the molecule is CCOCCN(C)C(=O)NC(=O)C(C)=C(C)C(=O)O. The maximum Gasteiger partial charge on any atom is 0.331 e. The smallest absolute Gasteiger partial charge is 0.331 e. The lowest BCUT2D eigenvalue weighted by atomic mass is 10.1. The Morgan fingerprint density at radius 3 is 2.26 bits per heavy atom. The summed E-state index contributed by atoms with van der Waals surface area (Å²) in [5.41, 5.74) is -0.0960. The monoisotopic (exact) mass is 272 g/mol. The average molecular weight is 272 g/mol. The van der Waals surface area contributed by atoms with E-state index in [-0.39, 0.29) is 11.1 Å². The topological polar surface area (TPSA) is 95.9 Å². The van der Waals surface area contributed by atoms with E-state index in [1.165, 1.54) is 25.8 Å². The molecule has 0 aromatic heterocycles. The fourth-order valence-electron chi connectivity index (χ4n) is 1.06. The Morgan fingerprint density at radius 1 is 1.21 bits per heavy atom. The Hall–Kier alpha value is -1.89. The van der Waals surface area contributed by atoms with Crippen molar-refractivity contribution in [1.82, 2.24) is 10.2 Å². The summed E-state index contributed by atoms with van der Waals surface area (Å²) in [5.74, 6) is -1.90. The van der Waals surface area contributed by atoms with Crippen LogP contribution in [0.5, 0.6) is 0 Å². The highest BCUT2D eigenvalue weighted by Gasteiger charge is 2.17. The molecule has 0 saturated heterocycles. The van der Waals surface area contributed by atoms with Crippen molar-refractivity contribution >= 4 is 17.9 Å². The van der Waals surface area contributed by atoms with Crippen LogP contribution in [0.4, 0.5) is 4.79 Å². The molecule has 0 aliphatic rings. The second-order valence-electron chi connectivity index (χ2n) is 3.93. The molecule has 0 heterocycles. The average Bonchev–Trinajstić information content (AvgIpc) is 2.36. The molecule has 0 spiro atoms. The number of carbonyl (C=O) groups excluding carboxylic acids is 2.